The van der Waals surface area contributed by atoms with Crippen molar-refractivity contribution in [3.63, 3.8) is 0 Å². The number of carbonyl (C=O) groups is 2. The molecule has 0 N–H and O–H groups in total. The predicted molar refractivity (Wildman–Crippen MR) is 87.0 cm³/mol. The van der Waals surface area contributed by atoms with Gasteiger partial charge in [0.1, 0.15) is 0 Å². The molecule has 6 nitrogen and oxygen atoms in total. The van der Waals surface area contributed by atoms with Crippen LogP contribution in [-0.2, 0) is 9.47 Å². The molecule has 2 fully saturated rings. The van der Waals surface area contributed by atoms with E-state index in [4.69, 9.17) is 9.47 Å². The fraction of sp³-hybridized carbons (Fsp3) is 0.625. The molecule has 0 atom stereocenters. The summed E-state index contributed by atoms with van der Waals surface area (Å²) in [6.07, 6.45) is 0.258. The lowest BCUT2D eigenvalue weighted by Crippen LogP contribution is -2.56. The van der Waals surface area contributed by atoms with Gasteiger partial charge in [-0.05, 0) is 13.8 Å². The average Bonchev–Trinajstić information content (AvgIpc) is 2.94. The van der Waals surface area contributed by atoms with Gasteiger partial charge in [-0.25, -0.2) is 0 Å². The van der Waals surface area contributed by atoms with Crippen molar-refractivity contribution < 1.29 is 19.1 Å². The highest BCUT2D eigenvalue weighted by molar-refractivity contribution is 7.08. The van der Waals surface area contributed by atoms with Crippen LogP contribution in [0.15, 0.2) is 10.8 Å². The van der Waals surface area contributed by atoms with Crippen LogP contribution < -0.4 is 0 Å². The Hall–Kier alpha value is -1.44. The molecule has 0 spiro atoms. The molecule has 0 aliphatic carbocycles. The third-order valence-corrected chi connectivity index (χ3v) is 4.94. The minimum atomic E-state index is -0.0764. The number of thiophene rings is 1. The number of amides is 2. The zero-order valence-corrected chi connectivity index (χ0v) is 14.3. The number of hydrogen-bond donors (Lipinski definition) is 0. The molecule has 2 aliphatic heterocycles. The summed E-state index contributed by atoms with van der Waals surface area (Å²) in [5.41, 5.74) is 1.02. The predicted octanol–water partition coefficient (Wildman–Crippen LogP) is 1.47. The summed E-state index contributed by atoms with van der Waals surface area (Å²) in [6, 6.07) is 0. The molecule has 3 rings (SSSR count). The van der Waals surface area contributed by atoms with E-state index in [1.54, 1.807) is 20.6 Å². The van der Waals surface area contributed by atoms with Gasteiger partial charge in [0.2, 0.25) is 0 Å². The molecule has 7 heteroatoms. The minimum absolute atomic E-state index is 0.0764. The van der Waals surface area contributed by atoms with E-state index < -0.39 is 0 Å². The number of likely N-dealkylation sites (tertiary alicyclic amines) is 2. The summed E-state index contributed by atoms with van der Waals surface area (Å²) >= 11 is 1.39. The molecule has 2 amide bonds. The van der Waals surface area contributed by atoms with Gasteiger partial charge in [0, 0.05) is 50.2 Å². The smallest absolute Gasteiger partial charge is 0.255 e. The molecule has 2 saturated heterocycles. The lowest BCUT2D eigenvalue weighted by molar-refractivity contribution is -0.0391. The fourth-order valence-electron chi connectivity index (χ4n) is 2.86. The molecule has 0 unspecified atom stereocenters. The van der Waals surface area contributed by atoms with Gasteiger partial charge in [0.15, 0.2) is 0 Å². The van der Waals surface area contributed by atoms with Crippen LogP contribution in [0.5, 0.6) is 0 Å². The Bertz CT molecular complexity index is 528. The molecule has 0 aromatic carbocycles. The molecule has 23 heavy (non-hydrogen) atoms. The van der Waals surface area contributed by atoms with E-state index in [-0.39, 0.29) is 24.0 Å². The highest BCUT2D eigenvalue weighted by Gasteiger charge is 2.36. The van der Waals surface area contributed by atoms with Crippen LogP contribution >= 0.6 is 11.3 Å². The van der Waals surface area contributed by atoms with Gasteiger partial charge in [-0.3, -0.25) is 9.59 Å². The standard InChI is InChI=1S/C16H22N2O4S/c1-3-21-11-5-17(6-11)15(19)13-9-23-10-14(13)16(20)18-7-12(8-18)22-4-2/h9-12H,3-8H2,1-2H3. The molecule has 126 valence electrons. The first kappa shape index (κ1) is 16.4. The van der Waals surface area contributed by atoms with Crippen molar-refractivity contribution in [2.45, 2.75) is 26.1 Å². The number of nitrogens with zero attached hydrogens (tertiary/aromatic N) is 2. The monoisotopic (exact) mass is 338 g/mol. The van der Waals surface area contributed by atoms with E-state index >= 15 is 0 Å². The Labute approximate surface area is 140 Å². The van der Waals surface area contributed by atoms with Gasteiger partial charge >= 0.3 is 0 Å². The summed E-state index contributed by atoms with van der Waals surface area (Å²) in [7, 11) is 0. The first-order valence-corrected chi connectivity index (χ1v) is 8.96. The van der Waals surface area contributed by atoms with Gasteiger partial charge in [-0.2, -0.15) is 11.3 Å². The van der Waals surface area contributed by atoms with Crippen LogP contribution in [0.2, 0.25) is 0 Å². The average molecular weight is 338 g/mol. The summed E-state index contributed by atoms with van der Waals surface area (Å²) < 4.78 is 10.9. The SMILES string of the molecule is CCOC1CN(C(=O)c2cscc2C(=O)N2CC(OCC)C2)C1. The molecule has 0 radical (unpaired) electrons. The highest BCUT2D eigenvalue weighted by Crippen LogP contribution is 2.24. The zero-order chi connectivity index (χ0) is 16.4. The number of ether oxygens (including phenoxy) is 2. The van der Waals surface area contributed by atoms with Gasteiger partial charge in [0.05, 0.1) is 23.3 Å². The van der Waals surface area contributed by atoms with Crippen molar-refractivity contribution in [3.8, 4) is 0 Å². The molecule has 3 heterocycles. The minimum Gasteiger partial charge on any atom is -0.375 e. The largest absolute Gasteiger partial charge is 0.375 e. The number of rotatable bonds is 6. The Morgan fingerprint density at radius 2 is 1.35 bits per heavy atom. The second-order valence-corrected chi connectivity index (χ2v) is 6.52. The third kappa shape index (κ3) is 3.27. The van der Waals surface area contributed by atoms with Crippen molar-refractivity contribution in [2.24, 2.45) is 0 Å². The molecule has 1 aromatic rings. The third-order valence-electron chi connectivity index (χ3n) is 4.20. The first-order chi connectivity index (χ1) is 11.1. The van der Waals surface area contributed by atoms with Crippen LogP contribution in [0.3, 0.4) is 0 Å². The normalized spacial score (nSPS) is 18.7. The van der Waals surface area contributed by atoms with Gasteiger partial charge < -0.3 is 19.3 Å². The maximum atomic E-state index is 12.5. The van der Waals surface area contributed by atoms with Gasteiger partial charge in [0.25, 0.3) is 11.8 Å². The summed E-state index contributed by atoms with van der Waals surface area (Å²) in [5, 5.41) is 3.53. The summed E-state index contributed by atoms with van der Waals surface area (Å²) in [4.78, 5) is 28.5. The molecule has 0 bridgehead atoms. The van der Waals surface area contributed by atoms with Crippen molar-refractivity contribution in [3.05, 3.63) is 21.9 Å². The van der Waals surface area contributed by atoms with Crippen LogP contribution in [-0.4, -0.2) is 73.2 Å². The van der Waals surface area contributed by atoms with E-state index in [2.05, 4.69) is 0 Å². The maximum Gasteiger partial charge on any atom is 0.255 e. The molecule has 2 aliphatic rings. The zero-order valence-electron chi connectivity index (χ0n) is 13.5. The van der Waals surface area contributed by atoms with Crippen LogP contribution in [0.1, 0.15) is 34.6 Å². The van der Waals surface area contributed by atoms with Crippen molar-refractivity contribution in [2.75, 3.05) is 39.4 Å². The Morgan fingerprint density at radius 1 is 0.957 bits per heavy atom. The number of carbonyl (C=O) groups excluding carboxylic acids is 2. The van der Waals surface area contributed by atoms with Crippen LogP contribution in [0, 0.1) is 0 Å². The molecule has 1 aromatic heterocycles. The quantitative estimate of drug-likeness (QED) is 0.788. The van der Waals surface area contributed by atoms with E-state index in [1.807, 2.05) is 13.8 Å². The second kappa shape index (κ2) is 6.98. The maximum absolute atomic E-state index is 12.5. The van der Waals surface area contributed by atoms with Crippen molar-refractivity contribution >= 4 is 23.2 Å². The summed E-state index contributed by atoms with van der Waals surface area (Å²) in [6.45, 7) is 7.62. The Balaban J connectivity index is 1.59. The van der Waals surface area contributed by atoms with Crippen LogP contribution in [0.25, 0.3) is 0 Å². The summed E-state index contributed by atoms with van der Waals surface area (Å²) in [5.74, 6) is -0.153. The molecule has 0 saturated carbocycles. The van der Waals surface area contributed by atoms with Crippen molar-refractivity contribution in [1.82, 2.24) is 9.80 Å². The van der Waals surface area contributed by atoms with Crippen molar-refractivity contribution in [1.29, 1.82) is 0 Å². The van der Waals surface area contributed by atoms with E-state index in [0.29, 0.717) is 50.5 Å². The van der Waals surface area contributed by atoms with Gasteiger partial charge in [-0.1, -0.05) is 0 Å². The van der Waals surface area contributed by atoms with Gasteiger partial charge in [-0.15, -0.1) is 0 Å². The first-order valence-electron chi connectivity index (χ1n) is 8.02. The molecular weight excluding hydrogens is 316 g/mol. The van der Waals surface area contributed by atoms with E-state index in [0.717, 1.165) is 0 Å². The second-order valence-electron chi connectivity index (χ2n) is 5.77. The van der Waals surface area contributed by atoms with Crippen LogP contribution in [0.4, 0.5) is 0 Å². The lowest BCUT2D eigenvalue weighted by atomic mass is 10.0. The Morgan fingerprint density at radius 3 is 1.70 bits per heavy atom. The highest BCUT2D eigenvalue weighted by atomic mass is 32.1. The topological polar surface area (TPSA) is 59.1 Å². The van der Waals surface area contributed by atoms with E-state index in [9.17, 15) is 9.59 Å². The lowest BCUT2D eigenvalue weighted by Gasteiger charge is -2.40. The molecular formula is C16H22N2O4S. The number of hydrogen-bond acceptors (Lipinski definition) is 5. The van der Waals surface area contributed by atoms with E-state index in [1.165, 1.54) is 11.3 Å². The fourth-order valence-corrected chi connectivity index (χ4v) is 3.65. The Kier molecular flexibility index (Phi) is 4.99.